The van der Waals surface area contributed by atoms with E-state index in [9.17, 15) is 4.39 Å². The summed E-state index contributed by atoms with van der Waals surface area (Å²) in [6.45, 7) is 0.727. The van der Waals surface area contributed by atoms with Crippen molar-refractivity contribution in [2.45, 2.75) is 44.3 Å². The van der Waals surface area contributed by atoms with Crippen molar-refractivity contribution in [3.8, 4) is 0 Å². The monoisotopic (exact) mass is 287 g/mol. The van der Waals surface area contributed by atoms with Gasteiger partial charge in [0.15, 0.2) is 0 Å². The molecule has 1 fully saturated rings. The molecule has 2 N–H and O–H groups in total. The van der Waals surface area contributed by atoms with Crippen LogP contribution in [-0.2, 0) is 6.54 Å². The fourth-order valence-electron chi connectivity index (χ4n) is 3.29. The Kier molecular flexibility index (Phi) is 4.17. The molecule has 1 aromatic heterocycles. The second-order valence-corrected chi connectivity index (χ2v) is 6.12. The maximum atomic E-state index is 13.8. The largest absolute Gasteiger partial charge is 0.328 e. The molecule has 0 unspecified atom stereocenters. The molecule has 3 rings (SSSR count). The Labute approximate surface area is 125 Å². The smallest absolute Gasteiger partial charge is 0.124 e. The van der Waals surface area contributed by atoms with Crippen molar-refractivity contribution in [2.24, 2.45) is 5.73 Å². The average Bonchev–Trinajstić information content (AvgIpc) is 2.47. The van der Waals surface area contributed by atoms with Crippen LogP contribution in [0.4, 0.5) is 4.39 Å². The first-order valence-corrected chi connectivity index (χ1v) is 7.62. The summed E-state index contributed by atoms with van der Waals surface area (Å²) in [7, 11) is 2.11. The van der Waals surface area contributed by atoms with Gasteiger partial charge in [0.05, 0.1) is 5.52 Å². The molecular weight excluding hydrogens is 265 g/mol. The number of rotatable bonds is 3. The third-order valence-corrected chi connectivity index (χ3v) is 4.53. The van der Waals surface area contributed by atoms with Crippen LogP contribution in [0.2, 0.25) is 0 Å². The van der Waals surface area contributed by atoms with E-state index in [2.05, 4.69) is 16.9 Å². The molecule has 0 aliphatic heterocycles. The van der Waals surface area contributed by atoms with Crippen LogP contribution >= 0.6 is 0 Å². The second kappa shape index (κ2) is 6.08. The van der Waals surface area contributed by atoms with E-state index in [0.29, 0.717) is 12.1 Å². The number of hydrogen-bond donors (Lipinski definition) is 1. The minimum Gasteiger partial charge on any atom is -0.328 e. The van der Waals surface area contributed by atoms with Crippen molar-refractivity contribution in [1.82, 2.24) is 9.88 Å². The van der Waals surface area contributed by atoms with Crippen LogP contribution in [0.5, 0.6) is 0 Å². The van der Waals surface area contributed by atoms with Crippen molar-refractivity contribution in [1.29, 1.82) is 0 Å². The number of nitrogens with two attached hydrogens (primary N) is 1. The van der Waals surface area contributed by atoms with Crippen LogP contribution < -0.4 is 5.73 Å². The lowest BCUT2D eigenvalue weighted by Crippen LogP contribution is -2.38. The zero-order valence-corrected chi connectivity index (χ0v) is 12.4. The maximum Gasteiger partial charge on any atom is 0.124 e. The summed E-state index contributed by atoms with van der Waals surface area (Å²) in [5, 5.41) is 0.867. The normalized spacial score (nSPS) is 22.9. The van der Waals surface area contributed by atoms with Crippen LogP contribution in [0.3, 0.4) is 0 Å². The van der Waals surface area contributed by atoms with Crippen LogP contribution in [0.15, 0.2) is 30.5 Å². The Morgan fingerprint density at radius 3 is 2.81 bits per heavy atom. The number of nitrogens with zero attached hydrogens (tertiary/aromatic N) is 2. The molecule has 0 bridgehead atoms. The molecule has 1 saturated carbocycles. The molecule has 0 atom stereocenters. The fraction of sp³-hybridized carbons (Fsp3) is 0.471. The number of aromatic nitrogens is 1. The molecule has 0 saturated heterocycles. The molecule has 21 heavy (non-hydrogen) atoms. The lowest BCUT2D eigenvalue weighted by atomic mass is 9.91. The van der Waals surface area contributed by atoms with E-state index >= 15 is 0 Å². The van der Waals surface area contributed by atoms with Crippen LogP contribution in [-0.4, -0.2) is 29.0 Å². The van der Waals surface area contributed by atoms with Gasteiger partial charge in [-0.1, -0.05) is 6.07 Å². The number of benzene rings is 1. The zero-order valence-electron chi connectivity index (χ0n) is 12.4. The van der Waals surface area contributed by atoms with Gasteiger partial charge in [0.1, 0.15) is 5.82 Å². The van der Waals surface area contributed by atoms with Crippen LogP contribution in [0, 0.1) is 5.82 Å². The summed E-state index contributed by atoms with van der Waals surface area (Å²) in [6, 6.07) is 7.80. The predicted molar refractivity (Wildman–Crippen MR) is 83.4 cm³/mol. The summed E-state index contributed by atoms with van der Waals surface area (Å²) in [4.78, 5) is 6.73. The van der Waals surface area contributed by atoms with Gasteiger partial charge in [0, 0.05) is 30.2 Å². The van der Waals surface area contributed by atoms with Gasteiger partial charge in [0.2, 0.25) is 0 Å². The summed E-state index contributed by atoms with van der Waals surface area (Å²) in [5.74, 6) is -0.190. The SMILES string of the molecule is CN(Cc1cc(F)cc2cccnc12)C1CCC(N)CC1. The first kappa shape index (κ1) is 14.4. The third-order valence-electron chi connectivity index (χ3n) is 4.53. The van der Waals surface area contributed by atoms with E-state index in [0.717, 1.165) is 48.7 Å². The number of hydrogen-bond acceptors (Lipinski definition) is 3. The van der Waals surface area contributed by atoms with Gasteiger partial charge < -0.3 is 5.73 Å². The Bertz CT molecular complexity index is 620. The quantitative estimate of drug-likeness (QED) is 0.943. The van der Waals surface area contributed by atoms with Gasteiger partial charge in [-0.2, -0.15) is 0 Å². The molecule has 0 amide bonds. The molecule has 1 aromatic carbocycles. The molecule has 0 spiro atoms. The molecule has 0 radical (unpaired) electrons. The van der Waals surface area contributed by atoms with Gasteiger partial charge >= 0.3 is 0 Å². The topological polar surface area (TPSA) is 42.2 Å². The predicted octanol–water partition coefficient (Wildman–Crippen LogP) is 3.08. The third kappa shape index (κ3) is 3.22. The highest BCUT2D eigenvalue weighted by Gasteiger charge is 2.22. The number of fused-ring (bicyclic) bond motifs is 1. The van der Waals surface area contributed by atoms with Gasteiger partial charge in [-0.15, -0.1) is 0 Å². The highest BCUT2D eigenvalue weighted by molar-refractivity contribution is 5.81. The molecular formula is C17H22FN3. The zero-order chi connectivity index (χ0) is 14.8. The van der Waals surface area contributed by atoms with E-state index in [-0.39, 0.29) is 5.82 Å². The summed E-state index contributed by atoms with van der Waals surface area (Å²) in [5.41, 5.74) is 7.83. The van der Waals surface area contributed by atoms with Gasteiger partial charge in [0.25, 0.3) is 0 Å². The first-order chi connectivity index (χ1) is 10.1. The molecule has 1 aliphatic carbocycles. The lowest BCUT2D eigenvalue weighted by molar-refractivity contribution is 0.176. The minimum atomic E-state index is -0.190. The Morgan fingerprint density at radius 2 is 2.05 bits per heavy atom. The van der Waals surface area contributed by atoms with Gasteiger partial charge in [-0.3, -0.25) is 9.88 Å². The highest BCUT2D eigenvalue weighted by atomic mass is 19.1. The van der Waals surface area contributed by atoms with E-state index in [1.54, 1.807) is 18.3 Å². The van der Waals surface area contributed by atoms with Crippen molar-refractivity contribution in [2.75, 3.05) is 7.05 Å². The summed E-state index contributed by atoms with van der Waals surface area (Å²) < 4.78 is 13.8. The van der Waals surface area contributed by atoms with Crippen molar-refractivity contribution >= 4 is 10.9 Å². The van der Waals surface area contributed by atoms with Crippen molar-refractivity contribution in [3.63, 3.8) is 0 Å². The molecule has 112 valence electrons. The maximum absolute atomic E-state index is 13.8. The van der Waals surface area contributed by atoms with Crippen molar-refractivity contribution < 1.29 is 4.39 Å². The van der Waals surface area contributed by atoms with Gasteiger partial charge in [-0.25, -0.2) is 4.39 Å². The number of pyridine rings is 1. The number of halogens is 1. The summed E-state index contributed by atoms with van der Waals surface area (Å²) >= 11 is 0. The van der Waals surface area contributed by atoms with Crippen molar-refractivity contribution in [3.05, 3.63) is 41.8 Å². The van der Waals surface area contributed by atoms with E-state index in [1.165, 1.54) is 0 Å². The first-order valence-electron chi connectivity index (χ1n) is 7.62. The molecule has 1 heterocycles. The van der Waals surface area contributed by atoms with Crippen LogP contribution in [0.25, 0.3) is 10.9 Å². The van der Waals surface area contributed by atoms with E-state index < -0.39 is 0 Å². The second-order valence-electron chi connectivity index (χ2n) is 6.12. The van der Waals surface area contributed by atoms with E-state index in [1.807, 2.05) is 12.1 Å². The lowest BCUT2D eigenvalue weighted by Gasteiger charge is -2.33. The summed E-state index contributed by atoms with van der Waals surface area (Å²) in [6.07, 6.45) is 6.17. The molecule has 4 heteroatoms. The van der Waals surface area contributed by atoms with E-state index in [4.69, 9.17) is 5.73 Å². The Morgan fingerprint density at radius 1 is 1.29 bits per heavy atom. The Hall–Kier alpha value is -1.52. The van der Waals surface area contributed by atoms with Crippen LogP contribution in [0.1, 0.15) is 31.2 Å². The highest BCUT2D eigenvalue weighted by Crippen LogP contribution is 2.25. The minimum absolute atomic E-state index is 0.190. The standard InChI is InChI=1S/C17H22FN3/c1-21(16-6-4-15(19)5-7-16)11-13-10-14(18)9-12-3-2-8-20-17(12)13/h2-3,8-10,15-16H,4-7,11,19H2,1H3. The fourth-order valence-corrected chi connectivity index (χ4v) is 3.29. The average molecular weight is 287 g/mol. The molecule has 2 aromatic rings. The molecule has 1 aliphatic rings. The van der Waals surface area contributed by atoms with Gasteiger partial charge in [-0.05, 0) is 56.5 Å². The molecule has 3 nitrogen and oxygen atoms in total. The Balaban J connectivity index is 1.81.